The number of imidazole rings is 1. The number of pyridine rings is 1. The molecule has 3 aromatic heterocycles. The number of ether oxygens (including phenoxy) is 1. The van der Waals surface area contributed by atoms with Gasteiger partial charge in [0.15, 0.2) is 0 Å². The molecule has 5 rings (SSSR count). The first-order valence-electron chi connectivity index (χ1n) is 10.7. The summed E-state index contributed by atoms with van der Waals surface area (Å²) in [5.41, 5.74) is 5.37. The molecule has 7 nitrogen and oxygen atoms in total. The van der Waals surface area contributed by atoms with Crippen molar-refractivity contribution in [3.63, 3.8) is 0 Å². The maximum atomic E-state index is 12.5. The highest BCUT2D eigenvalue weighted by Gasteiger charge is 2.08. The third kappa shape index (κ3) is 4.62. The number of nitrogens with one attached hydrogen (secondary N) is 1. The average Bonchev–Trinajstić information content (AvgIpc) is 3.50. The molecule has 0 aliphatic heterocycles. The Labute approximate surface area is 191 Å². The predicted octanol–water partition coefficient (Wildman–Crippen LogP) is 4.34. The maximum Gasteiger partial charge on any atom is 0.251 e. The van der Waals surface area contributed by atoms with Crippen molar-refractivity contribution in [1.29, 1.82) is 0 Å². The van der Waals surface area contributed by atoms with E-state index in [0.29, 0.717) is 24.5 Å². The highest BCUT2D eigenvalue weighted by Crippen LogP contribution is 2.16. The van der Waals surface area contributed by atoms with Crippen LogP contribution in [0.1, 0.15) is 27.2 Å². The Balaban J connectivity index is 1.16. The van der Waals surface area contributed by atoms with Crippen molar-refractivity contribution in [3.05, 3.63) is 114 Å². The lowest BCUT2D eigenvalue weighted by Gasteiger charge is -2.07. The molecule has 0 saturated heterocycles. The zero-order chi connectivity index (χ0) is 22.6. The molecule has 164 valence electrons. The molecule has 33 heavy (non-hydrogen) atoms. The largest absolute Gasteiger partial charge is 0.487 e. The van der Waals surface area contributed by atoms with E-state index in [9.17, 15) is 4.79 Å². The Morgan fingerprint density at radius 3 is 2.61 bits per heavy atom. The average molecular weight is 438 g/mol. The van der Waals surface area contributed by atoms with Crippen molar-refractivity contribution in [3.8, 4) is 11.4 Å². The fraction of sp³-hybridized carbons (Fsp3) is 0.115. The molecule has 0 radical (unpaired) electrons. The van der Waals surface area contributed by atoms with E-state index < -0.39 is 0 Å². The molecule has 7 heteroatoms. The molecule has 2 aromatic carbocycles. The monoisotopic (exact) mass is 437 g/mol. The van der Waals surface area contributed by atoms with E-state index in [4.69, 9.17) is 4.74 Å². The van der Waals surface area contributed by atoms with Gasteiger partial charge < -0.3 is 14.5 Å². The van der Waals surface area contributed by atoms with Gasteiger partial charge in [-0.15, -0.1) is 0 Å². The van der Waals surface area contributed by atoms with Crippen LogP contribution in [0.5, 0.6) is 5.75 Å². The van der Waals surface area contributed by atoms with Gasteiger partial charge in [0.25, 0.3) is 5.91 Å². The summed E-state index contributed by atoms with van der Waals surface area (Å²) in [6.07, 6.45) is 7.60. The second kappa shape index (κ2) is 9.00. The summed E-state index contributed by atoms with van der Waals surface area (Å²) < 4.78 is 9.63. The number of aromatic nitrogens is 4. The van der Waals surface area contributed by atoms with Gasteiger partial charge in [-0.05, 0) is 55.0 Å². The molecule has 0 bridgehead atoms. The van der Waals surface area contributed by atoms with Crippen molar-refractivity contribution < 1.29 is 9.53 Å². The number of fused-ring (bicyclic) bond motifs is 1. The fourth-order valence-electron chi connectivity index (χ4n) is 3.59. The number of carbonyl (C=O) groups excluding carboxylic acids is 1. The molecule has 0 fully saturated rings. The third-order valence-electron chi connectivity index (χ3n) is 5.34. The maximum absolute atomic E-state index is 12.5. The van der Waals surface area contributed by atoms with Gasteiger partial charge in [0, 0.05) is 36.3 Å². The molecule has 3 heterocycles. The van der Waals surface area contributed by atoms with Crippen molar-refractivity contribution in [2.45, 2.75) is 20.1 Å². The second-order valence-electron chi connectivity index (χ2n) is 7.78. The Morgan fingerprint density at radius 2 is 1.82 bits per heavy atom. The minimum absolute atomic E-state index is 0.148. The van der Waals surface area contributed by atoms with Gasteiger partial charge in [0.1, 0.15) is 18.0 Å². The number of amides is 1. The Kier molecular flexibility index (Phi) is 5.59. The SMILES string of the molecule is Cc1cccn2cc(COc3ccc(C(=O)NCc4cnn(-c5ccccc5)c4)cc3)nc12. The van der Waals surface area contributed by atoms with Crippen LogP contribution in [0.3, 0.4) is 0 Å². The summed E-state index contributed by atoms with van der Waals surface area (Å²) >= 11 is 0. The van der Waals surface area contributed by atoms with E-state index >= 15 is 0 Å². The van der Waals surface area contributed by atoms with Crippen molar-refractivity contribution in [2.75, 3.05) is 0 Å². The molecule has 0 aliphatic rings. The first-order valence-corrected chi connectivity index (χ1v) is 10.7. The predicted molar refractivity (Wildman–Crippen MR) is 125 cm³/mol. The number of aryl methyl sites for hydroxylation is 1. The highest BCUT2D eigenvalue weighted by atomic mass is 16.5. The van der Waals surface area contributed by atoms with Gasteiger partial charge in [-0.3, -0.25) is 4.79 Å². The van der Waals surface area contributed by atoms with Gasteiger partial charge in [0.2, 0.25) is 0 Å². The lowest BCUT2D eigenvalue weighted by atomic mass is 10.2. The summed E-state index contributed by atoms with van der Waals surface area (Å²) in [6, 6.07) is 21.0. The number of hydrogen-bond acceptors (Lipinski definition) is 4. The van der Waals surface area contributed by atoms with E-state index in [1.807, 2.05) is 72.4 Å². The number of benzene rings is 2. The van der Waals surface area contributed by atoms with E-state index in [0.717, 1.165) is 28.2 Å². The van der Waals surface area contributed by atoms with Gasteiger partial charge in [-0.2, -0.15) is 5.10 Å². The zero-order valence-electron chi connectivity index (χ0n) is 18.2. The van der Waals surface area contributed by atoms with Crippen LogP contribution in [-0.4, -0.2) is 25.1 Å². The van der Waals surface area contributed by atoms with Gasteiger partial charge in [-0.1, -0.05) is 24.3 Å². The van der Waals surface area contributed by atoms with Crippen molar-refractivity contribution in [1.82, 2.24) is 24.5 Å². The van der Waals surface area contributed by atoms with Crippen LogP contribution in [0.4, 0.5) is 0 Å². The number of para-hydroxylation sites is 1. The van der Waals surface area contributed by atoms with Crippen LogP contribution in [0, 0.1) is 6.92 Å². The topological polar surface area (TPSA) is 73.5 Å². The molecule has 0 atom stereocenters. The van der Waals surface area contributed by atoms with Crippen LogP contribution in [0.15, 0.2) is 91.5 Å². The molecule has 0 unspecified atom stereocenters. The highest BCUT2D eigenvalue weighted by molar-refractivity contribution is 5.94. The van der Waals surface area contributed by atoms with Crippen LogP contribution in [0.2, 0.25) is 0 Å². The normalized spacial score (nSPS) is 10.9. The standard InChI is InChI=1S/C26H23N5O2/c1-19-6-5-13-30-17-22(29-25(19)30)18-33-24-11-9-21(10-12-24)26(32)27-14-20-15-28-31(16-20)23-7-3-2-4-8-23/h2-13,15-17H,14,18H2,1H3,(H,27,32). The molecular formula is C26H23N5O2. The summed E-state index contributed by atoms with van der Waals surface area (Å²) in [5, 5.41) is 7.29. The smallest absolute Gasteiger partial charge is 0.251 e. The van der Waals surface area contributed by atoms with Crippen LogP contribution in [-0.2, 0) is 13.2 Å². The third-order valence-corrected chi connectivity index (χ3v) is 5.34. The zero-order valence-corrected chi connectivity index (χ0v) is 18.2. The molecule has 0 spiro atoms. The van der Waals surface area contributed by atoms with E-state index in [2.05, 4.69) is 15.4 Å². The lowest BCUT2D eigenvalue weighted by Crippen LogP contribution is -2.22. The number of nitrogens with zero attached hydrogens (tertiary/aromatic N) is 4. The Hall–Kier alpha value is -4.39. The van der Waals surface area contributed by atoms with E-state index in [-0.39, 0.29) is 5.91 Å². The van der Waals surface area contributed by atoms with Crippen LogP contribution < -0.4 is 10.1 Å². The van der Waals surface area contributed by atoms with E-state index in [1.54, 1.807) is 35.1 Å². The van der Waals surface area contributed by atoms with Gasteiger partial charge in [0.05, 0.1) is 17.6 Å². The number of hydrogen-bond donors (Lipinski definition) is 1. The van der Waals surface area contributed by atoms with Crippen LogP contribution >= 0.6 is 0 Å². The van der Waals surface area contributed by atoms with E-state index in [1.165, 1.54) is 0 Å². The minimum Gasteiger partial charge on any atom is -0.487 e. The second-order valence-corrected chi connectivity index (χ2v) is 7.78. The molecule has 1 N–H and O–H groups in total. The molecular weight excluding hydrogens is 414 g/mol. The van der Waals surface area contributed by atoms with Crippen LogP contribution in [0.25, 0.3) is 11.3 Å². The fourth-order valence-corrected chi connectivity index (χ4v) is 3.59. The summed E-state index contributed by atoms with van der Waals surface area (Å²) in [6.45, 7) is 2.79. The molecule has 0 aliphatic carbocycles. The Bertz CT molecular complexity index is 1390. The van der Waals surface area contributed by atoms with Crippen molar-refractivity contribution >= 4 is 11.6 Å². The molecule has 1 amide bonds. The van der Waals surface area contributed by atoms with Gasteiger partial charge in [-0.25, -0.2) is 9.67 Å². The number of rotatable bonds is 7. The number of carbonyl (C=O) groups is 1. The minimum atomic E-state index is -0.148. The quantitative estimate of drug-likeness (QED) is 0.411. The molecule has 5 aromatic rings. The van der Waals surface area contributed by atoms with Gasteiger partial charge >= 0.3 is 0 Å². The summed E-state index contributed by atoms with van der Waals surface area (Å²) in [5.74, 6) is 0.536. The van der Waals surface area contributed by atoms with Crippen molar-refractivity contribution in [2.24, 2.45) is 0 Å². The first kappa shape index (κ1) is 20.5. The summed E-state index contributed by atoms with van der Waals surface area (Å²) in [4.78, 5) is 17.1. The molecule has 0 saturated carbocycles. The summed E-state index contributed by atoms with van der Waals surface area (Å²) in [7, 11) is 0. The Morgan fingerprint density at radius 1 is 1.00 bits per heavy atom. The first-order chi connectivity index (χ1) is 16.2. The lowest BCUT2D eigenvalue weighted by molar-refractivity contribution is 0.0951.